The van der Waals surface area contributed by atoms with Gasteiger partial charge in [0, 0.05) is 0 Å². The molecule has 0 bridgehead atoms. The van der Waals surface area contributed by atoms with Crippen LogP contribution in [-0.4, -0.2) is 35.1 Å². The van der Waals surface area contributed by atoms with E-state index in [1.165, 1.54) is 18.4 Å². The Balaban J connectivity index is 1.34. The number of methoxy groups -OCH3 is 1. The lowest BCUT2D eigenvalue weighted by atomic mass is 9.90. The van der Waals surface area contributed by atoms with Crippen molar-refractivity contribution in [3.05, 3.63) is 70.3 Å². The summed E-state index contributed by atoms with van der Waals surface area (Å²) in [5.74, 6) is 2.37. The highest BCUT2D eigenvalue weighted by Gasteiger charge is 2.20. The summed E-state index contributed by atoms with van der Waals surface area (Å²) >= 11 is 0. The van der Waals surface area contributed by atoms with Crippen LogP contribution in [-0.2, 0) is 13.0 Å². The van der Waals surface area contributed by atoms with Crippen LogP contribution in [0.5, 0.6) is 5.75 Å². The molecule has 0 saturated carbocycles. The average molecular weight is 363 g/mol. The Hall–Kier alpha value is -2.66. The minimum atomic E-state index is -0.0509. The Kier molecular flexibility index (Phi) is 5.21. The van der Waals surface area contributed by atoms with Crippen molar-refractivity contribution in [3.63, 3.8) is 0 Å². The number of likely N-dealkylation sites (tertiary alicyclic amines) is 1. The van der Waals surface area contributed by atoms with Crippen molar-refractivity contribution < 1.29 is 4.74 Å². The van der Waals surface area contributed by atoms with Crippen LogP contribution in [0.1, 0.15) is 24.2 Å². The molecule has 1 aliphatic heterocycles. The number of aromatic amines is 1. The van der Waals surface area contributed by atoms with Gasteiger partial charge in [0.1, 0.15) is 11.6 Å². The van der Waals surface area contributed by atoms with Gasteiger partial charge in [-0.3, -0.25) is 9.69 Å². The van der Waals surface area contributed by atoms with Gasteiger partial charge in [0.25, 0.3) is 5.56 Å². The third-order valence-corrected chi connectivity index (χ3v) is 5.43. The molecule has 4 rings (SSSR count). The minimum absolute atomic E-state index is 0.0509. The van der Waals surface area contributed by atoms with E-state index in [1.54, 1.807) is 7.11 Å². The normalized spacial score (nSPS) is 15.9. The Morgan fingerprint density at radius 2 is 1.85 bits per heavy atom. The number of rotatable bonds is 5. The van der Waals surface area contributed by atoms with Crippen molar-refractivity contribution in [2.75, 3.05) is 20.2 Å². The molecule has 0 spiro atoms. The Morgan fingerprint density at radius 1 is 1.11 bits per heavy atom. The summed E-state index contributed by atoms with van der Waals surface area (Å²) in [4.78, 5) is 22.2. The molecule has 0 aliphatic carbocycles. The van der Waals surface area contributed by atoms with Crippen LogP contribution in [0.15, 0.2) is 53.3 Å². The molecule has 3 aromatic rings. The lowest BCUT2D eigenvalue weighted by Gasteiger charge is -2.31. The molecule has 140 valence electrons. The SMILES string of the molecule is COc1ccc(CC2CCN(Cc3nc4ccccc4c(=O)[nH]3)CC2)cc1. The number of H-pyrrole nitrogens is 1. The van der Waals surface area contributed by atoms with Crippen molar-refractivity contribution in [3.8, 4) is 5.75 Å². The van der Waals surface area contributed by atoms with E-state index in [0.29, 0.717) is 17.8 Å². The van der Waals surface area contributed by atoms with E-state index in [2.05, 4.69) is 27.0 Å². The molecule has 1 aromatic heterocycles. The number of ether oxygens (including phenoxy) is 1. The average Bonchev–Trinajstić information content (AvgIpc) is 2.70. The molecule has 27 heavy (non-hydrogen) atoms. The fraction of sp³-hybridized carbons (Fsp3) is 0.364. The van der Waals surface area contributed by atoms with Gasteiger partial charge in [0.15, 0.2) is 0 Å². The number of aromatic nitrogens is 2. The van der Waals surface area contributed by atoms with Crippen molar-refractivity contribution in [1.29, 1.82) is 0 Å². The van der Waals surface area contributed by atoms with Crippen LogP contribution in [0, 0.1) is 5.92 Å². The highest BCUT2D eigenvalue weighted by Crippen LogP contribution is 2.23. The van der Waals surface area contributed by atoms with Crippen LogP contribution in [0.2, 0.25) is 0 Å². The molecular weight excluding hydrogens is 338 g/mol. The summed E-state index contributed by atoms with van der Waals surface area (Å²) in [7, 11) is 1.70. The van der Waals surface area contributed by atoms with E-state index in [4.69, 9.17) is 4.74 Å². The Morgan fingerprint density at radius 3 is 2.59 bits per heavy atom. The van der Waals surface area contributed by atoms with Gasteiger partial charge in [-0.1, -0.05) is 24.3 Å². The van der Waals surface area contributed by atoms with Gasteiger partial charge in [-0.05, 0) is 68.1 Å². The van der Waals surface area contributed by atoms with Gasteiger partial charge < -0.3 is 9.72 Å². The first-order valence-corrected chi connectivity index (χ1v) is 9.54. The number of hydrogen-bond donors (Lipinski definition) is 1. The molecule has 0 amide bonds. The number of fused-ring (bicyclic) bond motifs is 1. The number of para-hydroxylation sites is 1. The van der Waals surface area contributed by atoms with Gasteiger partial charge in [-0.25, -0.2) is 4.98 Å². The quantitative estimate of drug-likeness (QED) is 0.755. The molecule has 0 atom stereocenters. The van der Waals surface area contributed by atoms with Crippen LogP contribution in [0.3, 0.4) is 0 Å². The molecule has 2 heterocycles. The van der Waals surface area contributed by atoms with Gasteiger partial charge in [-0.15, -0.1) is 0 Å². The minimum Gasteiger partial charge on any atom is -0.497 e. The number of hydrogen-bond acceptors (Lipinski definition) is 4. The van der Waals surface area contributed by atoms with Gasteiger partial charge >= 0.3 is 0 Å². The molecule has 1 aliphatic rings. The fourth-order valence-electron chi connectivity index (χ4n) is 3.87. The summed E-state index contributed by atoms with van der Waals surface area (Å²) in [6.45, 7) is 2.78. The maximum absolute atomic E-state index is 12.2. The predicted octanol–water partition coefficient (Wildman–Crippen LogP) is 3.39. The second kappa shape index (κ2) is 7.92. The van der Waals surface area contributed by atoms with Crippen molar-refractivity contribution in [2.24, 2.45) is 5.92 Å². The van der Waals surface area contributed by atoms with Crippen LogP contribution in [0.4, 0.5) is 0 Å². The first kappa shape index (κ1) is 17.7. The summed E-state index contributed by atoms with van der Waals surface area (Å²) < 4.78 is 5.23. The summed E-state index contributed by atoms with van der Waals surface area (Å²) in [6.07, 6.45) is 3.45. The zero-order valence-corrected chi connectivity index (χ0v) is 15.6. The largest absolute Gasteiger partial charge is 0.497 e. The molecule has 1 N–H and O–H groups in total. The lowest BCUT2D eigenvalue weighted by Crippen LogP contribution is -2.34. The Labute approximate surface area is 159 Å². The molecule has 0 radical (unpaired) electrons. The maximum Gasteiger partial charge on any atom is 0.258 e. The first-order chi connectivity index (χ1) is 13.2. The standard InChI is InChI=1S/C22H25N3O2/c1-27-18-8-6-16(7-9-18)14-17-10-12-25(13-11-17)15-21-23-20-5-3-2-4-19(20)22(26)24-21/h2-9,17H,10-15H2,1H3,(H,23,24,26). The lowest BCUT2D eigenvalue weighted by molar-refractivity contribution is 0.173. The van der Waals surface area contributed by atoms with Gasteiger partial charge in [0.2, 0.25) is 0 Å². The van der Waals surface area contributed by atoms with Crippen LogP contribution < -0.4 is 10.3 Å². The van der Waals surface area contributed by atoms with Crippen molar-refractivity contribution in [2.45, 2.75) is 25.8 Å². The second-order valence-corrected chi connectivity index (χ2v) is 7.30. The van der Waals surface area contributed by atoms with Gasteiger partial charge in [-0.2, -0.15) is 0 Å². The molecule has 1 saturated heterocycles. The highest BCUT2D eigenvalue weighted by molar-refractivity contribution is 5.77. The van der Waals surface area contributed by atoms with E-state index in [9.17, 15) is 4.79 Å². The number of nitrogens with one attached hydrogen (secondary N) is 1. The van der Waals surface area contributed by atoms with E-state index in [1.807, 2.05) is 36.4 Å². The monoisotopic (exact) mass is 363 g/mol. The first-order valence-electron chi connectivity index (χ1n) is 9.54. The summed E-state index contributed by atoms with van der Waals surface area (Å²) in [5, 5.41) is 0.652. The molecule has 5 nitrogen and oxygen atoms in total. The third kappa shape index (κ3) is 4.19. The van der Waals surface area contributed by atoms with E-state index < -0.39 is 0 Å². The number of piperidine rings is 1. The van der Waals surface area contributed by atoms with E-state index in [-0.39, 0.29) is 5.56 Å². The van der Waals surface area contributed by atoms with Crippen LogP contribution in [0.25, 0.3) is 10.9 Å². The second-order valence-electron chi connectivity index (χ2n) is 7.30. The molecule has 1 fully saturated rings. The highest BCUT2D eigenvalue weighted by atomic mass is 16.5. The van der Waals surface area contributed by atoms with Crippen molar-refractivity contribution >= 4 is 10.9 Å². The van der Waals surface area contributed by atoms with Crippen LogP contribution >= 0.6 is 0 Å². The third-order valence-electron chi connectivity index (χ3n) is 5.43. The van der Waals surface area contributed by atoms with Gasteiger partial charge in [0.05, 0.1) is 24.6 Å². The predicted molar refractivity (Wildman–Crippen MR) is 107 cm³/mol. The fourth-order valence-corrected chi connectivity index (χ4v) is 3.87. The number of benzene rings is 2. The Bertz CT molecular complexity index is 957. The van der Waals surface area contributed by atoms with E-state index in [0.717, 1.165) is 36.6 Å². The topological polar surface area (TPSA) is 58.2 Å². The summed E-state index contributed by atoms with van der Waals surface area (Å²) in [6, 6.07) is 15.9. The van der Waals surface area contributed by atoms with E-state index >= 15 is 0 Å². The zero-order chi connectivity index (χ0) is 18.6. The zero-order valence-electron chi connectivity index (χ0n) is 15.6. The molecular formula is C22H25N3O2. The molecule has 2 aromatic carbocycles. The maximum atomic E-state index is 12.2. The molecule has 5 heteroatoms. The number of nitrogens with zero attached hydrogens (tertiary/aromatic N) is 2. The summed E-state index contributed by atoms with van der Waals surface area (Å²) in [5.41, 5.74) is 2.09. The smallest absolute Gasteiger partial charge is 0.258 e. The molecule has 0 unspecified atom stereocenters. The van der Waals surface area contributed by atoms with Crippen molar-refractivity contribution in [1.82, 2.24) is 14.9 Å².